The Morgan fingerprint density at radius 3 is 2.71 bits per heavy atom. The first-order valence-corrected chi connectivity index (χ1v) is 10.3. The summed E-state index contributed by atoms with van der Waals surface area (Å²) >= 11 is 3.52. The first kappa shape index (κ1) is 19.0. The molecule has 1 saturated heterocycles. The Morgan fingerprint density at radius 1 is 1.21 bits per heavy atom. The van der Waals surface area contributed by atoms with Crippen molar-refractivity contribution in [3.63, 3.8) is 0 Å². The van der Waals surface area contributed by atoms with Gasteiger partial charge in [0.1, 0.15) is 17.1 Å². The summed E-state index contributed by atoms with van der Waals surface area (Å²) in [5, 5.41) is 4.20. The zero-order valence-electron chi connectivity index (χ0n) is 16.0. The first-order chi connectivity index (χ1) is 13.5. The topological polar surface area (TPSA) is 61.6 Å². The molecule has 7 heteroatoms. The monoisotopic (exact) mass is 442 g/mol. The van der Waals surface area contributed by atoms with Gasteiger partial charge in [-0.05, 0) is 43.3 Å². The smallest absolute Gasteiger partial charge is 0.272 e. The lowest BCUT2D eigenvalue weighted by Crippen LogP contribution is -2.48. The molecule has 28 heavy (non-hydrogen) atoms. The average Bonchev–Trinajstić information content (AvgIpc) is 3.19. The van der Waals surface area contributed by atoms with Crippen LogP contribution in [0.1, 0.15) is 23.0 Å². The highest BCUT2D eigenvalue weighted by molar-refractivity contribution is 9.10. The van der Waals surface area contributed by atoms with Gasteiger partial charge in [0.2, 0.25) is 0 Å². The summed E-state index contributed by atoms with van der Waals surface area (Å²) in [7, 11) is 0. The van der Waals surface area contributed by atoms with Crippen LogP contribution < -0.4 is 5.32 Å². The molecule has 0 unspecified atom stereocenters. The number of halogens is 1. The van der Waals surface area contributed by atoms with Crippen molar-refractivity contribution in [2.75, 3.05) is 38.0 Å². The van der Waals surface area contributed by atoms with Crippen LogP contribution in [0.3, 0.4) is 0 Å². The van der Waals surface area contributed by atoms with E-state index in [9.17, 15) is 4.79 Å². The standard InChI is InChI=1S/C21H23BrN4O2/c1-3-25-7-9-26(10-8-25)21(27)18-13-19-16(6-11-28-19)20(24-18)23-15-4-5-17(22)14(2)12-15/h4-6,11-13H,3,7-10H2,1-2H3,(H,23,24). The molecule has 3 aromatic rings. The number of nitrogens with zero attached hydrogens (tertiary/aromatic N) is 3. The number of piperazine rings is 1. The summed E-state index contributed by atoms with van der Waals surface area (Å²) in [6.45, 7) is 8.43. The third-order valence-corrected chi connectivity index (χ3v) is 6.09. The Kier molecular flexibility index (Phi) is 5.37. The third kappa shape index (κ3) is 3.77. The second-order valence-corrected chi connectivity index (χ2v) is 7.86. The first-order valence-electron chi connectivity index (χ1n) is 9.48. The maximum absolute atomic E-state index is 13.0. The zero-order chi connectivity index (χ0) is 19.7. The Morgan fingerprint density at radius 2 is 2.00 bits per heavy atom. The predicted octanol–water partition coefficient (Wildman–Crippen LogP) is 4.42. The van der Waals surface area contributed by atoms with Gasteiger partial charge in [0, 0.05) is 42.4 Å². The van der Waals surface area contributed by atoms with Crippen molar-refractivity contribution in [1.82, 2.24) is 14.8 Å². The summed E-state index contributed by atoms with van der Waals surface area (Å²) < 4.78 is 6.64. The maximum atomic E-state index is 13.0. The molecular formula is C21H23BrN4O2. The molecule has 0 saturated carbocycles. The lowest BCUT2D eigenvalue weighted by Gasteiger charge is -2.33. The lowest BCUT2D eigenvalue weighted by atomic mass is 10.2. The molecule has 3 heterocycles. The van der Waals surface area contributed by atoms with Gasteiger partial charge in [-0.3, -0.25) is 4.79 Å². The second-order valence-electron chi connectivity index (χ2n) is 7.00. The molecule has 4 rings (SSSR count). The normalized spacial score (nSPS) is 15.2. The SMILES string of the molecule is CCN1CCN(C(=O)c2cc3occc3c(Nc3ccc(Br)c(C)c3)n2)CC1. The van der Waals surface area contributed by atoms with Gasteiger partial charge in [-0.25, -0.2) is 4.98 Å². The van der Waals surface area contributed by atoms with E-state index in [1.54, 1.807) is 12.3 Å². The molecule has 146 valence electrons. The number of likely N-dealkylation sites (N-methyl/N-ethyl adjacent to an activating group) is 1. The third-order valence-electron chi connectivity index (χ3n) is 5.20. The second kappa shape index (κ2) is 7.93. The van der Waals surface area contributed by atoms with E-state index in [-0.39, 0.29) is 5.91 Å². The van der Waals surface area contributed by atoms with Crippen molar-refractivity contribution in [3.05, 3.63) is 52.3 Å². The van der Waals surface area contributed by atoms with E-state index >= 15 is 0 Å². The summed E-state index contributed by atoms with van der Waals surface area (Å²) in [6, 6.07) is 9.61. The summed E-state index contributed by atoms with van der Waals surface area (Å²) in [5.41, 5.74) is 3.09. The number of aromatic nitrogens is 1. The van der Waals surface area contributed by atoms with Gasteiger partial charge in [-0.1, -0.05) is 22.9 Å². The van der Waals surface area contributed by atoms with Crippen LogP contribution in [0.4, 0.5) is 11.5 Å². The molecule has 0 aliphatic carbocycles. The summed E-state index contributed by atoms with van der Waals surface area (Å²) in [5.74, 6) is 0.576. The maximum Gasteiger partial charge on any atom is 0.272 e. The van der Waals surface area contributed by atoms with Crippen molar-refractivity contribution in [3.8, 4) is 0 Å². The molecule has 0 atom stereocenters. The van der Waals surface area contributed by atoms with Crippen LogP contribution in [0.2, 0.25) is 0 Å². The average molecular weight is 443 g/mol. The fraction of sp³-hybridized carbons (Fsp3) is 0.333. The van der Waals surface area contributed by atoms with Crippen LogP contribution >= 0.6 is 15.9 Å². The van der Waals surface area contributed by atoms with Crippen molar-refractivity contribution >= 4 is 44.3 Å². The van der Waals surface area contributed by atoms with Gasteiger partial charge in [0.25, 0.3) is 5.91 Å². The number of rotatable bonds is 4. The highest BCUT2D eigenvalue weighted by Gasteiger charge is 2.24. The Hall–Kier alpha value is -2.38. The van der Waals surface area contributed by atoms with E-state index in [0.29, 0.717) is 17.1 Å². The number of aryl methyl sites for hydroxylation is 1. The fourth-order valence-corrected chi connectivity index (χ4v) is 3.71. The lowest BCUT2D eigenvalue weighted by molar-refractivity contribution is 0.0638. The molecule has 1 fully saturated rings. The number of pyridine rings is 1. The minimum Gasteiger partial charge on any atom is -0.464 e. The van der Waals surface area contributed by atoms with Crippen LogP contribution in [-0.4, -0.2) is 53.4 Å². The predicted molar refractivity (Wildman–Crippen MR) is 114 cm³/mol. The molecule has 1 aliphatic heterocycles. The summed E-state index contributed by atoms with van der Waals surface area (Å²) in [6.07, 6.45) is 1.62. The molecule has 0 spiro atoms. The zero-order valence-corrected chi connectivity index (χ0v) is 17.6. The minimum absolute atomic E-state index is 0.0518. The molecule has 6 nitrogen and oxygen atoms in total. The Bertz CT molecular complexity index is 1010. The fourth-order valence-electron chi connectivity index (χ4n) is 3.46. The molecule has 1 aliphatic rings. The molecule has 1 amide bonds. The number of benzene rings is 1. The molecule has 1 aromatic carbocycles. The van der Waals surface area contributed by atoms with Crippen molar-refractivity contribution < 1.29 is 9.21 Å². The molecule has 1 N–H and O–H groups in total. The molecule has 0 radical (unpaired) electrons. The van der Waals surface area contributed by atoms with Crippen LogP contribution in [0.25, 0.3) is 11.0 Å². The van der Waals surface area contributed by atoms with E-state index in [0.717, 1.165) is 53.8 Å². The molecule has 0 bridgehead atoms. The van der Waals surface area contributed by atoms with E-state index < -0.39 is 0 Å². The number of hydrogen-bond donors (Lipinski definition) is 1. The van der Waals surface area contributed by atoms with Gasteiger partial charge in [0.15, 0.2) is 0 Å². The largest absolute Gasteiger partial charge is 0.464 e. The summed E-state index contributed by atoms with van der Waals surface area (Å²) in [4.78, 5) is 21.9. The van der Waals surface area contributed by atoms with Crippen molar-refractivity contribution in [2.45, 2.75) is 13.8 Å². The van der Waals surface area contributed by atoms with Crippen molar-refractivity contribution in [1.29, 1.82) is 0 Å². The number of fused-ring (bicyclic) bond motifs is 1. The van der Waals surface area contributed by atoms with Crippen LogP contribution in [0.5, 0.6) is 0 Å². The van der Waals surface area contributed by atoms with Crippen LogP contribution in [0.15, 0.2) is 45.5 Å². The van der Waals surface area contributed by atoms with Crippen molar-refractivity contribution in [2.24, 2.45) is 0 Å². The molecule has 2 aromatic heterocycles. The van der Waals surface area contributed by atoms with E-state index in [1.165, 1.54) is 0 Å². The van der Waals surface area contributed by atoms with Gasteiger partial charge >= 0.3 is 0 Å². The van der Waals surface area contributed by atoms with Crippen LogP contribution in [0, 0.1) is 6.92 Å². The number of carbonyl (C=O) groups is 1. The number of carbonyl (C=O) groups excluding carboxylic acids is 1. The minimum atomic E-state index is -0.0518. The number of amides is 1. The van der Waals surface area contributed by atoms with Gasteiger partial charge < -0.3 is 19.5 Å². The van der Waals surface area contributed by atoms with E-state index in [2.05, 4.69) is 38.1 Å². The Labute approximate surface area is 172 Å². The highest BCUT2D eigenvalue weighted by Crippen LogP contribution is 2.29. The number of nitrogens with one attached hydrogen (secondary N) is 1. The van der Waals surface area contributed by atoms with E-state index in [4.69, 9.17) is 4.42 Å². The van der Waals surface area contributed by atoms with Crippen LogP contribution in [-0.2, 0) is 0 Å². The van der Waals surface area contributed by atoms with Gasteiger partial charge in [0.05, 0.1) is 11.6 Å². The van der Waals surface area contributed by atoms with Gasteiger partial charge in [-0.15, -0.1) is 0 Å². The quantitative estimate of drug-likeness (QED) is 0.647. The number of furan rings is 1. The van der Waals surface area contributed by atoms with Gasteiger partial charge in [-0.2, -0.15) is 0 Å². The number of anilines is 2. The Balaban J connectivity index is 1.63. The number of hydrogen-bond acceptors (Lipinski definition) is 5. The molecular weight excluding hydrogens is 420 g/mol. The van der Waals surface area contributed by atoms with E-state index in [1.807, 2.05) is 36.1 Å². The highest BCUT2D eigenvalue weighted by atomic mass is 79.9.